The van der Waals surface area contributed by atoms with Crippen LogP contribution in [0.25, 0.3) is 0 Å². The highest BCUT2D eigenvalue weighted by Crippen LogP contribution is 2.36. The van der Waals surface area contributed by atoms with E-state index in [0.29, 0.717) is 23.7 Å². The van der Waals surface area contributed by atoms with Crippen molar-refractivity contribution in [2.75, 3.05) is 30.5 Å². The molecule has 1 N–H and O–H groups in total. The van der Waals surface area contributed by atoms with Crippen LogP contribution in [0, 0.1) is 16.0 Å². The summed E-state index contributed by atoms with van der Waals surface area (Å²) in [5, 5.41) is 13.8. The minimum absolute atomic E-state index is 0.0446. The number of amides is 2. The summed E-state index contributed by atoms with van der Waals surface area (Å²) in [6.07, 6.45) is 0.0446. The lowest BCUT2D eigenvalue weighted by Crippen LogP contribution is -2.28. The van der Waals surface area contributed by atoms with E-state index in [4.69, 9.17) is 9.47 Å². The van der Waals surface area contributed by atoms with Crippen LogP contribution in [0.2, 0.25) is 0 Å². The monoisotopic (exact) mass is 399 g/mol. The molecule has 0 spiro atoms. The Morgan fingerprint density at radius 1 is 1.28 bits per heavy atom. The van der Waals surface area contributed by atoms with Crippen molar-refractivity contribution in [2.45, 2.75) is 13.3 Å². The molecule has 1 atom stereocenters. The van der Waals surface area contributed by atoms with Crippen LogP contribution in [0.3, 0.4) is 0 Å². The fraction of sp³-hybridized carbons (Fsp3) is 0.300. The molecule has 0 unspecified atom stereocenters. The van der Waals surface area contributed by atoms with Gasteiger partial charge in [-0.05, 0) is 37.3 Å². The van der Waals surface area contributed by atoms with E-state index in [1.54, 1.807) is 24.3 Å². The lowest BCUT2D eigenvalue weighted by molar-refractivity contribution is -0.384. The molecule has 3 rings (SSSR count). The zero-order chi connectivity index (χ0) is 21.0. The molecule has 0 aliphatic carbocycles. The van der Waals surface area contributed by atoms with Gasteiger partial charge in [0.25, 0.3) is 5.69 Å². The summed E-state index contributed by atoms with van der Waals surface area (Å²) < 4.78 is 10.6. The molecular formula is C20H21N3O6. The number of nitrogens with zero attached hydrogens (tertiary/aromatic N) is 2. The first kappa shape index (κ1) is 20.1. The zero-order valence-electron chi connectivity index (χ0n) is 16.1. The Balaban J connectivity index is 1.71. The molecule has 1 aliphatic heterocycles. The summed E-state index contributed by atoms with van der Waals surface area (Å²) in [5.41, 5.74) is 0.874. The van der Waals surface area contributed by atoms with Gasteiger partial charge in [0.1, 0.15) is 11.5 Å². The van der Waals surface area contributed by atoms with Crippen molar-refractivity contribution in [1.29, 1.82) is 0 Å². The molecule has 1 aliphatic rings. The van der Waals surface area contributed by atoms with E-state index >= 15 is 0 Å². The molecule has 1 fully saturated rings. The van der Waals surface area contributed by atoms with Crippen molar-refractivity contribution in [3.8, 4) is 11.5 Å². The lowest BCUT2D eigenvalue weighted by Gasteiger charge is -2.19. The molecule has 2 aromatic rings. The van der Waals surface area contributed by atoms with Crippen LogP contribution in [-0.2, 0) is 9.59 Å². The number of hydrogen-bond acceptors (Lipinski definition) is 6. The third kappa shape index (κ3) is 4.45. The minimum Gasteiger partial charge on any atom is -0.494 e. The molecule has 0 radical (unpaired) electrons. The van der Waals surface area contributed by atoms with E-state index < -0.39 is 10.8 Å². The van der Waals surface area contributed by atoms with Crippen molar-refractivity contribution < 1.29 is 24.0 Å². The molecule has 9 nitrogen and oxygen atoms in total. The number of rotatable bonds is 7. The van der Waals surface area contributed by atoms with Crippen molar-refractivity contribution in [2.24, 2.45) is 5.92 Å². The minimum atomic E-state index is -0.547. The van der Waals surface area contributed by atoms with Gasteiger partial charge in [-0.1, -0.05) is 0 Å². The number of ether oxygens (including phenoxy) is 2. The predicted molar refractivity (Wildman–Crippen MR) is 106 cm³/mol. The molecule has 0 saturated carbocycles. The smallest absolute Gasteiger partial charge is 0.273 e. The van der Waals surface area contributed by atoms with Crippen molar-refractivity contribution in [3.63, 3.8) is 0 Å². The van der Waals surface area contributed by atoms with Gasteiger partial charge in [0, 0.05) is 24.7 Å². The van der Waals surface area contributed by atoms with Crippen molar-refractivity contribution in [3.05, 3.63) is 52.6 Å². The average molecular weight is 399 g/mol. The number of hydrogen-bond donors (Lipinski definition) is 1. The predicted octanol–water partition coefficient (Wildman–Crippen LogP) is 2.99. The highest BCUT2D eigenvalue weighted by Gasteiger charge is 2.36. The number of carbonyl (C=O) groups excluding carboxylic acids is 2. The number of non-ortho nitro benzene ring substituents is 1. The van der Waals surface area contributed by atoms with Gasteiger partial charge < -0.3 is 19.7 Å². The van der Waals surface area contributed by atoms with E-state index in [1.165, 1.54) is 30.2 Å². The van der Waals surface area contributed by atoms with Gasteiger partial charge in [0.2, 0.25) is 11.8 Å². The van der Waals surface area contributed by atoms with Crippen molar-refractivity contribution in [1.82, 2.24) is 0 Å². The van der Waals surface area contributed by atoms with Crippen molar-refractivity contribution >= 4 is 28.9 Å². The number of nitro benzene ring substituents is 1. The Bertz CT molecular complexity index is 928. The molecule has 0 aromatic heterocycles. The SMILES string of the molecule is CCOc1ccc(NC(=O)[C@@H]2CC(=O)N(c3ccc([N+](=O)[O-])cc3OC)C2)cc1. The summed E-state index contributed by atoms with van der Waals surface area (Å²) >= 11 is 0. The summed E-state index contributed by atoms with van der Waals surface area (Å²) in [4.78, 5) is 36.9. The number of nitro groups is 1. The molecule has 1 saturated heterocycles. The largest absolute Gasteiger partial charge is 0.494 e. The van der Waals surface area contributed by atoms with Crippen LogP contribution in [0.15, 0.2) is 42.5 Å². The normalized spacial score (nSPS) is 15.9. The molecule has 0 bridgehead atoms. The highest BCUT2D eigenvalue weighted by molar-refractivity contribution is 6.04. The van der Waals surface area contributed by atoms with Gasteiger partial charge >= 0.3 is 0 Å². The maximum Gasteiger partial charge on any atom is 0.273 e. The maximum absolute atomic E-state index is 12.6. The zero-order valence-corrected chi connectivity index (χ0v) is 16.1. The van der Waals surface area contributed by atoms with Gasteiger partial charge in [-0.25, -0.2) is 0 Å². The number of benzene rings is 2. The van der Waals surface area contributed by atoms with E-state index in [9.17, 15) is 19.7 Å². The Morgan fingerprint density at radius 2 is 2.00 bits per heavy atom. The highest BCUT2D eigenvalue weighted by atomic mass is 16.6. The van der Waals surface area contributed by atoms with E-state index in [-0.39, 0.29) is 36.2 Å². The van der Waals surface area contributed by atoms with Crippen LogP contribution in [0.4, 0.5) is 17.1 Å². The molecule has 29 heavy (non-hydrogen) atoms. The second-order valence-corrected chi connectivity index (χ2v) is 6.47. The first-order valence-corrected chi connectivity index (χ1v) is 9.09. The van der Waals surface area contributed by atoms with E-state index in [1.807, 2.05) is 6.92 Å². The topological polar surface area (TPSA) is 111 Å². The van der Waals surface area contributed by atoms with Crippen LogP contribution in [0.5, 0.6) is 11.5 Å². The van der Waals surface area contributed by atoms with Gasteiger partial charge in [0.15, 0.2) is 0 Å². The molecule has 2 amide bonds. The first-order chi connectivity index (χ1) is 13.9. The quantitative estimate of drug-likeness (QED) is 0.566. The lowest BCUT2D eigenvalue weighted by atomic mass is 10.1. The van der Waals surface area contributed by atoms with Gasteiger partial charge in [0.05, 0.1) is 36.3 Å². The molecule has 9 heteroatoms. The second kappa shape index (κ2) is 8.59. The number of carbonyl (C=O) groups is 2. The summed E-state index contributed by atoms with van der Waals surface area (Å²) in [6, 6.07) is 11.0. The molecule has 1 heterocycles. The van der Waals surface area contributed by atoms with Crippen LogP contribution < -0.4 is 19.7 Å². The average Bonchev–Trinajstić information content (AvgIpc) is 3.10. The van der Waals surface area contributed by atoms with Crippen LogP contribution in [0.1, 0.15) is 13.3 Å². The molecule has 2 aromatic carbocycles. The fourth-order valence-corrected chi connectivity index (χ4v) is 3.16. The number of methoxy groups -OCH3 is 1. The number of nitrogens with one attached hydrogen (secondary N) is 1. The summed E-state index contributed by atoms with van der Waals surface area (Å²) in [7, 11) is 1.37. The first-order valence-electron chi connectivity index (χ1n) is 9.09. The van der Waals surface area contributed by atoms with E-state index in [0.717, 1.165) is 0 Å². The van der Waals surface area contributed by atoms with Crippen LogP contribution >= 0.6 is 0 Å². The molecular weight excluding hydrogens is 378 g/mol. The van der Waals surface area contributed by atoms with Crippen LogP contribution in [-0.4, -0.2) is 37.0 Å². The Hall–Kier alpha value is -3.62. The Morgan fingerprint density at radius 3 is 2.62 bits per heavy atom. The number of anilines is 2. The standard InChI is InChI=1S/C20H21N3O6/c1-3-29-16-7-4-14(5-8-16)21-20(25)13-10-19(24)22(12-13)17-9-6-15(23(26)27)11-18(17)28-2/h4-9,11,13H,3,10,12H2,1-2H3,(H,21,25)/t13-/m1/s1. The Labute approximate surface area is 167 Å². The summed E-state index contributed by atoms with van der Waals surface area (Å²) in [5.74, 6) is -0.151. The van der Waals surface area contributed by atoms with Gasteiger partial charge in [-0.2, -0.15) is 0 Å². The van der Waals surface area contributed by atoms with Gasteiger partial charge in [-0.15, -0.1) is 0 Å². The summed E-state index contributed by atoms with van der Waals surface area (Å²) in [6.45, 7) is 2.60. The maximum atomic E-state index is 12.6. The Kier molecular flexibility index (Phi) is 5.96. The van der Waals surface area contributed by atoms with Gasteiger partial charge in [-0.3, -0.25) is 19.7 Å². The van der Waals surface area contributed by atoms with E-state index in [2.05, 4.69) is 5.32 Å². The third-order valence-electron chi connectivity index (χ3n) is 4.59. The fourth-order valence-electron chi connectivity index (χ4n) is 3.16. The third-order valence-corrected chi connectivity index (χ3v) is 4.59. The molecule has 152 valence electrons. The second-order valence-electron chi connectivity index (χ2n) is 6.47.